The molecule has 0 aliphatic carbocycles. The van der Waals surface area contributed by atoms with Gasteiger partial charge in [0.15, 0.2) is 0 Å². The number of hydrogen-bond acceptors (Lipinski definition) is 3. The fourth-order valence-electron chi connectivity index (χ4n) is 0.716. The number of hydrogen-bond donors (Lipinski definition) is 2. The molecule has 3 heteroatoms. The summed E-state index contributed by atoms with van der Waals surface area (Å²) >= 11 is 0. The Kier molecular flexibility index (Phi) is 5.58. The highest BCUT2D eigenvalue weighted by molar-refractivity contribution is 4.57. The van der Waals surface area contributed by atoms with E-state index in [1.165, 1.54) is 0 Å². The summed E-state index contributed by atoms with van der Waals surface area (Å²) in [7, 11) is 0. The Bertz CT molecular complexity index is 73.3. The topological polar surface area (TPSA) is 49.7 Å². The van der Waals surface area contributed by atoms with E-state index in [-0.39, 0.29) is 0 Å². The van der Waals surface area contributed by atoms with Crippen LogP contribution in [0.25, 0.3) is 0 Å². The summed E-state index contributed by atoms with van der Waals surface area (Å²) in [6, 6.07) is 0. The van der Waals surface area contributed by atoms with Gasteiger partial charge in [0.1, 0.15) is 0 Å². The van der Waals surface area contributed by atoms with Gasteiger partial charge in [0.05, 0.1) is 18.8 Å². The van der Waals surface area contributed by atoms with Gasteiger partial charge in [-0.05, 0) is 13.8 Å². The molecule has 10 heavy (non-hydrogen) atoms. The van der Waals surface area contributed by atoms with Crippen LogP contribution in [0.1, 0.15) is 20.3 Å². The van der Waals surface area contributed by atoms with E-state index in [1.807, 2.05) is 6.92 Å². The largest absolute Gasteiger partial charge is 0.393 e. The fraction of sp³-hybridized carbons (Fsp3) is 1.00. The first-order chi connectivity index (χ1) is 4.66. The standard InChI is InChI=1S/C7H16O3/c1-3-10-5-7(9)4-6(2)8/h6-9H,3-5H2,1-2H3. The molecule has 0 aliphatic heterocycles. The second-order valence-corrected chi connectivity index (χ2v) is 2.40. The first kappa shape index (κ1) is 9.88. The van der Waals surface area contributed by atoms with E-state index < -0.39 is 12.2 Å². The zero-order valence-electron chi connectivity index (χ0n) is 6.58. The molecule has 0 amide bonds. The average molecular weight is 148 g/mol. The molecule has 0 aliphatic rings. The van der Waals surface area contributed by atoms with Gasteiger partial charge in [0, 0.05) is 13.0 Å². The van der Waals surface area contributed by atoms with Crippen LogP contribution < -0.4 is 0 Å². The highest BCUT2D eigenvalue weighted by atomic mass is 16.5. The Balaban J connectivity index is 3.16. The number of rotatable bonds is 5. The molecule has 0 aromatic rings. The SMILES string of the molecule is CCOCC(O)CC(C)O. The maximum Gasteiger partial charge on any atom is 0.0798 e. The zero-order chi connectivity index (χ0) is 7.98. The highest BCUT2D eigenvalue weighted by Gasteiger charge is 2.06. The fourth-order valence-corrected chi connectivity index (χ4v) is 0.716. The van der Waals surface area contributed by atoms with Crippen LogP contribution >= 0.6 is 0 Å². The Labute approximate surface area is 61.6 Å². The van der Waals surface area contributed by atoms with Crippen molar-refractivity contribution in [1.82, 2.24) is 0 Å². The first-order valence-electron chi connectivity index (χ1n) is 3.60. The van der Waals surface area contributed by atoms with Crippen LogP contribution in [0.5, 0.6) is 0 Å². The number of aliphatic hydroxyl groups is 2. The van der Waals surface area contributed by atoms with Gasteiger partial charge in [-0.3, -0.25) is 0 Å². The molecule has 0 saturated heterocycles. The van der Waals surface area contributed by atoms with Gasteiger partial charge in [0.2, 0.25) is 0 Å². The second kappa shape index (κ2) is 5.65. The third-order valence-electron chi connectivity index (χ3n) is 1.13. The van der Waals surface area contributed by atoms with Gasteiger partial charge in [-0.15, -0.1) is 0 Å². The molecular weight excluding hydrogens is 132 g/mol. The van der Waals surface area contributed by atoms with Crippen molar-refractivity contribution in [3.05, 3.63) is 0 Å². The minimum atomic E-state index is -0.528. The van der Waals surface area contributed by atoms with Crippen LogP contribution in [0.15, 0.2) is 0 Å². The van der Waals surface area contributed by atoms with Gasteiger partial charge in [-0.2, -0.15) is 0 Å². The average Bonchev–Trinajstić information content (AvgIpc) is 1.82. The molecule has 0 aromatic heterocycles. The summed E-state index contributed by atoms with van der Waals surface area (Å²) in [5.74, 6) is 0. The lowest BCUT2D eigenvalue weighted by molar-refractivity contribution is 0.0146. The summed E-state index contributed by atoms with van der Waals surface area (Å²) in [4.78, 5) is 0. The lowest BCUT2D eigenvalue weighted by Gasteiger charge is -2.11. The van der Waals surface area contributed by atoms with E-state index in [1.54, 1.807) is 6.92 Å². The van der Waals surface area contributed by atoms with Gasteiger partial charge < -0.3 is 14.9 Å². The maximum atomic E-state index is 9.07. The van der Waals surface area contributed by atoms with Crippen LogP contribution in [-0.4, -0.2) is 35.6 Å². The maximum absolute atomic E-state index is 9.07. The molecule has 0 spiro atoms. The van der Waals surface area contributed by atoms with Crippen LogP contribution in [0, 0.1) is 0 Å². The third-order valence-corrected chi connectivity index (χ3v) is 1.13. The molecule has 0 bridgehead atoms. The van der Waals surface area contributed by atoms with E-state index in [0.29, 0.717) is 19.6 Å². The van der Waals surface area contributed by atoms with Crippen molar-refractivity contribution < 1.29 is 14.9 Å². The Morgan fingerprint density at radius 3 is 2.40 bits per heavy atom. The Hall–Kier alpha value is -0.120. The van der Waals surface area contributed by atoms with E-state index in [2.05, 4.69) is 0 Å². The molecule has 0 heterocycles. The van der Waals surface area contributed by atoms with Crippen LogP contribution in [0.3, 0.4) is 0 Å². The van der Waals surface area contributed by atoms with Gasteiger partial charge in [-0.1, -0.05) is 0 Å². The second-order valence-electron chi connectivity index (χ2n) is 2.40. The van der Waals surface area contributed by atoms with Crippen molar-refractivity contribution in [2.75, 3.05) is 13.2 Å². The van der Waals surface area contributed by atoms with E-state index in [4.69, 9.17) is 14.9 Å². The lowest BCUT2D eigenvalue weighted by Crippen LogP contribution is -2.20. The van der Waals surface area contributed by atoms with E-state index in [9.17, 15) is 0 Å². The number of aliphatic hydroxyl groups excluding tert-OH is 2. The predicted molar refractivity (Wildman–Crippen MR) is 38.8 cm³/mol. The Morgan fingerprint density at radius 2 is 2.00 bits per heavy atom. The van der Waals surface area contributed by atoms with Crippen molar-refractivity contribution in [3.63, 3.8) is 0 Å². The molecule has 0 fully saturated rings. The monoisotopic (exact) mass is 148 g/mol. The van der Waals surface area contributed by atoms with E-state index >= 15 is 0 Å². The van der Waals surface area contributed by atoms with Crippen LogP contribution in [0.4, 0.5) is 0 Å². The zero-order valence-corrected chi connectivity index (χ0v) is 6.58. The predicted octanol–water partition coefficient (Wildman–Crippen LogP) is 0.155. The molecule has 0 aromatic carbocycles. The quantitative estimate of drug-likeness (QED) is 0.583. The van der Waals surface area contributed by atoms with Gasteiger partial charge >= 0.3 is 0 Å². The van der Waals surface area contributed by atoms with Crippen molar-refractivity contribution in [3.8, 4) is 0 Å². The molecule has 0 radical (unpaired) electrons. The first-order valence-corrected chi connectivity index (χ1v) is 3.60. The molecule has 0 rings (SSSR count). The lowest BCUT2D eigenvalue weighted by atomic mass is 10.2. The molecule has 3 nitrogen and oxygen atoms in total. The summed E-state index contributed by atoms with van der Waals surface area (Å²) in [6.45, 7) is 4.45. The molecule has 0 saturated carbocycles. The summed E-state index contributed by atoms with van der Waals surface area (Å²) in [6.07, 6.45) is -0.588. The summed E-state index contributed by atoms with van der Waals surface area (Å²) in [5.41, 5.74) is 0. The molecular formula is C7H16O3. The summed E-state index contributed by atoms with van der Waals surface area (Å²) in [5, 5.41) is 17.9. The van der Waals surface area contributed by atoms with Crippen molar-refractivity contribution in [2.45, 2.75) is 32.5 Å². The smallest absolute Gasteiger partial charge is 0.0798 e. The normalized spacial score (nSPS) is 16.8. The van der Waals surface area contributed by atoms with Crippen LogP contribution in [0.2, 0.25) is 0 Å². The van der Waals surface area contributed by atoms with Crippen molar-refractivity contribution >= 4 is 0 Å². The number of ether oxygens (including phenoxy) is 1. The molecule has 2 unspecified atom stereocenters. The Morgan fingerprint density at radius 1 is 1.40 bits per heavy atom. The third kappa shape index (κ3) is 6.01. The van der Waals surface area contributed by atoms with E-state index in [0.717, 1.165) is 0 Å². The molecule has 62 valence electrons. The van der Waals surface area contributed by atoms with Crippen molar-refractivity contribution in [2.24, 2.45) is 0 Å². The minimum absolute atomic E-state index is 0.321. The molecule has 2 N–H and O–H groups in total. The highest BCUT2D eigenvalue weighted by Crippen LogP contribution is 1.97. The van der Waals surface area contributed by atoms with Gasteiger partial charge in [-0.25, -0.2) is 0 Å². The molecule has 2 atom stereocenters. The minimum Gasteiger partial charge on any atom is -0.393 e. The van der Waals surface area contributed by atoms with Crippen molar-refractivity contribution in [1.29, 1.82) is 0 Å². The summed E-state index contributed by atoms with van der Waals surface area (Å²) < 4.78 is 4.94. The van der Waals surface area contributed by atoms with Crippen LogP contribution in [-0.2, 0) is 4.74 Å². The van der Waals surface area contributed by atoms with Gasteiger partial charge in [0.25, 0.3) is 0 Å².